The van der Waals surface area contributed by atoms with E-state index in [0.29, 0.717) is 29.2 Å². The van der Waals surface area contributed by atoms with Crippen molar-refractivity contribution in [1.82, 2.24) is 4.90 Å². The molecule has 9 heteroatoms. The van der Waals surface area contributed by atoms with E-state index in [-0.39, 0.29) is 11.1 Å². The lowest BCUT2D eigenvalue weighted by Gasteiger charge is -2.19. The van der Waals surface area contributed by atoms with Crippen molar-refractivity contribution >= 4 is 28.5 Å². The van der Waals surface area contributed by atoms with Crippen molar-refractivity contribution in [2.45, 2.75) is 32.9 Å². The van der Waals surface area contributed by atoms with E-state index in [2.05, 4.69) is 34.7 Å². The minimum atomic E-state index is -3.18. The summed E-state index contributed by atoms with van der Waals surface area (Å²) in [5.74, 6) is -0.919. The number of halogens is 4. The second-order valence-corrected chi connectivity index (χ2v) is 7.69. The Morgan fingerprint density at radius 1 is 1.09 bits per heavy atom. The molecule has 0 aromatic heterocycles. The molecule has 2 aromatic carbocycles. The van der Waals surface area contributed by atoms with Crippen molar-refractivity contribution in [2.75, 3.05) is 42.1 Å². The van der Waals surface area contributed by atoms with Gasteiger partial charge in [0.15, 0.2) is 6.17 Å². The van der Waals surface area contributed by atoms with Gasteiger partial charge in [-0.1, -0.05) is 13.8 Å². The first-order chi connectivity index (χ1) is 15.8. The van der Waals surface area contributed by atoms with Gasteiger partial charge in [-0.25, -0.2) is 17.6 Å². The third-order valence-electron chi connectivity index (χ3n) is 5.58. The number of rotatable bonds is 11. The minimum absolute atomic E-state index is 0.168. The van der Waals surface area contributed by atoms with Crippen LogP contribution in [0, 0.1) is 5.82 Å². The quantitative estimate of drug-likeness (QED) is 0.229. The van der Waals surface area contributed by atoms with Crippen molar-refractivity contribution in [3.63, 3.8) is 0 Å². The summed E-state index contributed by atoms with van der Waals surface area (Å²) in [6.45, 7) is 7.34. The number of hydrogen-bond donors (Lipinski definition) is 3. The molecule has 5 nitrogen and oxygen atoms in total. The standard InChI is InChI=1S/C24H28F4N4O/c1-3-32(4-2)11-5-10-29-20-9-7-16(13-18(20)22(26)23(27)28)30-14-19-17-12-15(25)6-8-21(17)31-24(19)33/h6-9,12-14,22-23,29-30H,3-5,10-11H2,1-2H3,(H,31,33). The van der Waals surface area contributed by atoms with E-state index in [0.717, 1.165) is 26.1 Å². The molecule has 1 unspecified atom stereocenters. The number of amides is 1. The molecule has 0 radical (unpaired) electrons. The molecule has 1 aliphatic heterocycles. The Hall–Kier alpha value is -3.07. The van der Waals surface area contributed by atoms with Crippen LogP contribution in [0.1, 0.15) is 37.6 Å². The van der Waals surface area contributed by atoms with Gasteiger partial charge in [0.2, 0.25) is 0 Å². The molecule has 1 heterocycles. The van der Waals surface area contributed by atoms with Crippen LogP contribution in [0.5, 0.6) is 0 Å². The van der Waals surface area contributed by atoms with Gasteiger partial charge in [0, 0.05) is 40.9 Å². The molecule has 0 spiro atoms. The smallest absolute Gasteiger partial charge is 0.273 e. The number of alkyl halides is 3. The zero-order chi connectivity index (χ0) is 24.0. The largest absolute Gasteiger partial charge is 0.385 e. The second-order valence-electron chi connectivity index (χ2n) is 7.69. The van der Waals surface area contributed by atoms with E-state index in [9.17, 15) is 22.4 Å². The summed E-state index contributed by atoms with van der Waals surface area (Å²) in [4.78, 5) is 14.4. The predicted molar refractivity (Wildman–Crippen MR) is 124 cm³/mol. The highest BCUT2D eigenvalue weighted by atomic mass is 19.3. The third-order valence-corrected chi connectivity index (χ3v) is 5.58. The predicted octanol–water partition coefficient (Wildman–Crippen LogP) is 5.65. The maximum atomic E-state index is 14.3. The maximum absolute atomic E-state index is 14.3. The number of carbonyl (C=O) groups is 1. The van der Waals surface area contributed by atoms with Gasteiger partial charge in [-0.05, 0) is 62.5 Å². The molecule has 0 fully saturated rings. The molecule has 0 aliphatic carbocycles. The van der Waals surface area contributed by atoms with Gasteiger partial charge in [0.1, 0.15) is 5.82 Å². The lowest BCUT2D eigenvalue weighted by atomic mass is 10.1. The van der Waals surface area contributed by atoms with E-state index in [1.165, 1.54) is 36.5 Å². The molecule has 0 saturated heterocycles. The molecule has 1 atom stereocenters. The normalized spacial score (nSPS) is 15.2. The Labute approximate surface area is 190 Å². The van der Waals surface area contributed by atoms with Crippen LogP contribution in [-0.2, 0) is 4.79 Å². The van der Waals surface area contributed by atoms with Crippen molar-refractivity contribution in [2.24, 2.45) is 0 Å². The number of benzene rings is 2. The van der Waals surface area contributed by atoms with Crippen LogP contribution >= 0.6 is 0 Å². The molecular weight excluding hydrogens is 436 g/mol. The maximum Gasteiger partial charge on any atom is 0.273 e. The zero-order valence-electron chi connectivity index (χ0n) is 18.6. The fourth-order valence-corrected chi connectivity index (χ4v) is 3.70. The van der Waals surface area contributed by atoms with Gasteiger partial charge in [-0.2, -0.15) is 0 Å². The van der Waals surface area contributed by atoms with Crippen LogP contribution in [0.15, 0.2) is 42.6 Å². The SMILES string of the molecule is CCN(CC)CCCNc1ccc(NC=C2C(=O)Nc3ccc(F)cc32)cc1C(F)C(F)F. The van der Waals surface area contributed by atoms with Crippen molar-refractivity contribution < 1.29 is 22.4 Å². The van der Waals surface area contributed by atoms with Crippen LogP contribution in [-0.4, -0.2) is 43.4 Å². The lowest BCUT2D eigenvalue weighted by Crippen LogP contribution is -2.25. The number of nitrogens with zero attached hydrogens (tertiary/aromatic N) is 1. The van der Waals surface area contributed by atoms with E-state index in [1.54, 1.807) is 6.07 Å². The first kappa shape index (κ1) is 24.6. The summed E-state index contributed by atoms with van der Waals surface area (Å²) < 4.78 is 54.3. The van der Waals surface area contributed by atoms with Crippen molar-refractivity contribution in [1.29, 1.82) is 0 Å². The second kappa shape index (κ2) is 11.2. The number of carbonyl (C=O) groups excluding carboxylic acids is 1. The Balaban J connectivity index is 1.76. The van der Waals surface area contributed by atoms with Gasteiger partial charge in [0.25, 0.3) is 12.3 Å². The number of hydrogen-bond acceptors (Lipinski definition) is 4. The zero-order valence-corrected chi connectivity index (χ0v) is 18.6. The summed E-state index contributed by atoms with van der Waals surface area (Å²) in [6, 6.07) is 8.35. The van der Waals surface area contributed by atoms with E-state index >= 15 is 0 Å². The summed E-state index contributed by atoms with van der Waals surface area (Å²) >= 11 is 0. The Kier molecular flexibility index (Phi) is 8.32. The molecule has 0 bridgehead atoms. The summed E-state index contributed by atoms with van der Waals surface area (Å²) in [5.41, 5.74) is 1.50. The number of anilines is 3. The van der Waals surface area contributed by atoms with E-state index < -0.39 is 24.3 Å². The molecule has 3 rings (SSSR count). The van der Waals surface area contributed by atoms with Crippen LogP contribution in [0.4, 0.5) is 34.6 Å². The van der Waals surface area contributed by atoms with Gasteiger partial charge in [0.05, 0.1) is 5.57 Å². The Morgan fingerprint density at radius 2 is 1.85 bits per heavy atom. The third kappa shape index (κ3) is 6.04. The van der Waals surface area contributed by atoms with Crippen molar-refractivity contribution in [3.8, 4) is 0 Å². The first-order valence-corrected chi connectivity index (χ1v) is 10.9. The summed E-state index contributed by atoms with van der Waals surface area (Å²) in [6.07, 6.45) is -3.50. The lowest BCUT2D eigenvalue weighted by molar-refractivity contribution is -0.110. The van der Waals surface area contributed by atoms with Crippen molar-refractivity contribution in [3.05, 3.63) is 59.5 Å². The Morgan fingerprint density at radius 3 is 2.55 bits per heavy atom. The van der Waals surface area contributed by atoms with Crippen LogP contribution in [0.3, 0.4) is 0 Å². The average molecular weight is 465 g/mol. The summed E-state index contributed by atoms with van der Waals surface area (Å²) in [7, 11) is 0. The molecule has 2 aromatic rings. The molecule has 178 valence electrons. The number of fused-ring (bicyclic) bond motifs is 1. The van der Waals surface area contributed by atoms with Crippen LogP contribution in [0.25, 0.3) is 5.57 Å². The monoisotopic (exact) mass is 464 g/mol. The molecule has 1 amide bonds. The highest BCUT2D eigenvalue weighted by Crippen LogP contribution is 2.35. The highest BCUT2D eigenvalue weighted by molar-refractivity contribution is 6.31. The number of nitrogens with one attached hydrogen (secondary N) is 3. The van der Waals surface area contributed by atoms with E-state index in [4.69, 9.17) is 0 Å². The van der Waals surface area contributed by atoms with E-state index in [1.807, 2.05) is 0 Å². The fraction of sp³-hybridized carbons (Fsp3) is 0.375. The van der Waals surface area contributed by atoms with Crippen LogP contribution < -0.4 is 16.0 Å². The van der Waals surface area contributed by atoms with Gasteiger partial charge < -0.3 is 20.9 Å². The molecular formula is C24H28F4N4O. The van der Waals surface area contributed by atoms with Gasteiger partial charge >= 0.3 is 0 Å². The average Bonchev–Trinajstić information content (AvgIpc) is 3.11. The molecule has 0 saturated carbocycles. The Bertz CT molecular complexity index is 1010. The highest BCUT2D eigenvalue weighted by Gasteiger charge is 2.26. The molecule has 3 N–H and O–H groups in total. The van der Waals surface area contributed by atoms with Gasteiger partial charge in [-0.3, -0.25) is 4.79 Å². The molecule has 33 heavy (non-hydrogen) atoms. The van der Waals surface area contributed by atoms with Crippen LogP contribution in [0.2, 0.25) is 0 Å². The summed E-state index contributed by atoms with van der Waals surface area (Å²) in [5, 5.41) is 8.52. The molecule has 1 aliphatic rings. The fourth-order valence-electron chi connectivity index (χ4n) is 3.70. The van der Waals surface area contributed by atoms with Gasteiger partial charge in [-0.15, -0.1) is 0 Å². The topological polar surface area (TPSA) is 56.4 Å². The first-order valence-electron chi connectivity index (χ1n) is 10.9. The minimum Gasteiger partial charge on any atom is -0.385 e.